The molecule has 9 heteroatoms. The van der Waals surface area contributed by atoms with E-state index in [1.54, 1.807) is 11.8 Å². The number of benzene rings is 1. The van der Waals surface area contributed by atoms with Gasteiger partial charge in [-0.05, 0) is 42.9 Å². The van der Waals surface area contributed by atoms with Crippen molar-refractivity contribution in [3.63, 3.8) is 0 Å². The first-order valence-corrected chi connectivity index (χ1v) is 12.3. The summed E-state index contributed by atoms with van der Waals surface area (Å²) in [5.74, 6) is -1.78. The monoisotopic (exact) mass is 457 g/mol. The molecule has 2 aromatic rings. The average Bonchev–Trinajstić information content (AvgIpc) is 3.18. The van der Waals surface area contributed by atoms with Crippen LogP contribution in [0.25, 0.3) is 0 Å². The molecule has 5 heterocycles. The number of piperidine rings is 3. The maximum absolute atomic E-state index is 12.3. The second-order valence-electron chi connectivity index (χ2n) is 8.00. The molecule has 3 fully saturated rings. The van der Waals surface area contributed by atoms with E-state index in [-0.39, 0.29) is 11.8 Å². The number of esters is 2. The first-order valence-electron chi connectivity index (χ1n) is 10.5. The molecule has 0 N–H and O–H groups in total. The van der Waals surface area contributed by atoms with E-state index in [1.807, 2.05) is 11.0 Å². The largest absolute Gasteiger partial charge is 0.404 e. The molecular formula is C22H23N3O4S2. The fourth-order valence-corrected chi connectivity index (χ4v) is 6.44. The molecule has 1 aromatic heterocycles. The van der Waals surface area contributed by atoms with Crippen LogP contribution in [0.4, 0.5) is 0 Å². The summed E-state index contributed by atoms with van der Waals surface area (Å²) in [4.78, 5) is 26.6. The molecule has 0 radical (unpaired) electrons. The van der Waals surface area contributed by atoms with Gasteiger partial charge in [-0.25, -0.2) is 14.5 Å². The van der Waals surface area contributed by atoms with E-state index in [2.05, 4.69) is 33.0 Å². The van der Waals surface area contributed by atoms with Crippen molar-refractivity contribution in [3.8, 4) is 0 Å². The molecule has 162 valence electrons. The third-order valence-corrected chi connectivity index (χ3v) is 7.89. The number of fused-ring (bicyclic) bond motifs is 2. The molecule has 2 bridgehead atoms. The predicted octanol–water partition coefficient (Wildman–Crippen LogP) is 3.38. The minimum atomic E-state index is -1.44. The van der Waals surface area contributed by atoms with Crippen molar-refractivity contribution < 1.29 is 19.1 Å². The summed E-state index contributed by atoms with van der Waals surface area (Å²) in [7, 11) is 0. The summed E-state index contributed by atoms with van der Waals surface area (Å²) in [5.41, 5.74) is 2.10. The number of hydrogen-bond acceptors (Lipinski definition) is 9. The number of thioether (sulfide) groups is 1. The number of nitrogens with zero attached hydrogens (tertiary/aromatic N) is 3. The first-order chi connectivity index (χ1) is 15.2. The zero-order valence-electron chi connectivity index (χ0n) is 16.9. The smallest absolute Gasteiger partial charge is 0.335 e. The van der Waals surface area contributed by atoms with Gasteiger partial charge in [0.05, 0.1) is 11.7 Å². The van der Waals surface area contributed by atoms with Crippen LogP contribution in [-0.4, -0.2) is 50.3 Å². The Labute approximate surface area is 189 Å². The van der Waals surface area contributed by atoms with E-state index in [0.29, 0.717) is 0 Å². The van der Waals surface area contributed by atoms with Crippen LogP contribution >= 0.6 is 23.5 Å². The number of hydrogen-bond donors (Lipinski definition) is 0. The lowest BCUT2D eigenvalue weighted by Gasteiger charge is -2.55. The number of carbonyl (C=O) groups is 2. The Hall–Kier alpha value is -2.23. The van der Waals surface area contributed by atoms with Crippen molar-refractivity contribution in [3.05, 3.63) is 53.7 Å². The summed E-state index contributed by atoms with van der Waals surface area (Å²) in [5, 5.41) is 0.848. The van der Waals surface area contributed by atoms with Gasteiger partial charge in [0.15, 0.2) is 0 Å². The molecule has 31 heavy (non-hydrogen) atoms. The normalized spacial score (nSPS) is 26.5. The maximum atomic E-state index is 12.3. The SMILES string of the molecule is O=C1C=CC(=O)OC2(O1)C(c1nsnc1SCCCc1ccccc1)C1CCN2CC1. The van der Waals surface area contributed by atoms with E-state index >= 15 is 0 Å². The Morgan fingerprint density at radius 3 is 2.48 bits per heavy atom. The summed E-state index contributed by atoms with van der Waals surface area (Å²) >= 11 is 2.83. The lowest BCUT2D eigenvalue weighted by atomic mass is 9.74. The molecule has 7 nitrogen and oxygen atoms in total. The summed E-state index contributed by atoms with van der Waals surface area (Å²) < 4.78 is 20.8. The van der Waals surface area contributed by atoms with E-state index in [1.165, 1.54) is 5.56 Å². The highest BCUT2D eigenvalue weighted by Crippen LogP contribution is 2.52. The van der Waals surface area contributed by atoms with Gasteiger partial charge in [0.2, 0.25) is 0 Å². The fraction of sp³-hybridized carbons (Fsp3) is 0.455. The predicted molar refractivity (Wildman–Crippen MR) is 116 cm³/mol. The third-order valence-electron chi connectivity index (χ3n) is 6.16. The van der Waals surface area contributed by atoms with Crippen molar-refractivity contribution in [2.45, 2.75) is 42.5 Å². The van der Waals surface area contributed by atoms with Gasteiger partial charge in [-0.2, -0.15) is 8.75 Å². The van der Waals surface area contributed by atoms with Gasteiger partial charge in [0.25, 0.3) is 0 Å². The molecule has 0 saturated carbocycles. The number of carbonyl (C=O) groups excluding carboxylic acids is 2. The first kappa shape index (κ1) is 20.7. The van der Waals surface area contributed by atoms with Gasteiger partial charge in [0, 0.05) is 25.2 Å². The van der Waals surface area contributed by atoms with Gasteiger partial charge >= 0.3 is 17.8 Å². The van der Waals surface area contributed by atoms with Crippen LogP contribution < -0.4 is 0 Å². The molecule has 4 aliphatic heterocycles. The van der Waals surface area contributed by atoms with Crippen molar-refractivity contribution in [2.24, 2.45) is 5.92 Å². The van der Waals surface area contributed by atoms with Gasteiger partial charge in [-0.3, -0.25) is 0 Å². The Morgan fingerprint density at radius 2 is 1.77 bits per heavy atom. The van der Waals surface area contributed by atoms with E-state index in [0.717, 1.165) is 79.1 Å². The average molecular weight is 458 g/mol. The Kier molecular flexibility index (Phi) is 5.81. The molecule has 1 unspecified atom stereocenters. The summed E-state index contributed by atoms with van der Waals surface area (Å²) in [6.45, 7) is 1.44. The number of ether oxygens (including phenoxy) is 2. The van der Waals surface area contributed by atoms with Gasteiger partial charge in [-0.15, -0.1) is 11.8 Å². The third kappa shape index (κ3) is 4.02. The molecule has 4 aliphatic rings. The van der Waals surface area contributed by atoms with Gasteiger partial charge in [-0.1, -0.05) is 30.3 Å². The van der Waals surface area contributed by atoms with Crippen LogP contribution in [0.15, 0.2) is 47.5 Å². The van der Waals surface area contributed by atoms with Crippen molar-refractivity contribution in [1.29, 1.82) is 0 Å². The molecule has 6 rings (SSSR count). The Balaban J connectivity index is 1.37. The molecule has 1 aromatic carbocycles. The molecule has 1 spiro atoms. The van der Waals surface area contributed by atoms with Gasteiger partial charge < -0.3 is 9.47 Å². The number of aromatic nitrogens is 2. The Bertz CT molecular complexity index is 966. The fourth-order valence-electron chi connectivity index (χ4n) is 4.77. The van der Waals surface area contributed by atoms with E-state index < -0.39 is 17.8 Å². The molecule has 1 atom stereocenters. The Morgan fingerprint density at radius 1 is 1.06 bits per heavy atom. The second kappa shape index (κ2) is 8.72. The van der Waals surface area contributed by atoms with E-state index in [4.69, 9.17) is 9.47 Å². The van der Waals surface area contributed by atoms with Crippen LogP contribution in [0.1, 0.15) is 36.4 Å². The number of aryl methyl sites for hydroxylation is 1. The standard InChI is InChI=1S/C22H23N3O4S2/c26-17-8-9-18(27)29-22(28-17)19(16-10-12-25(22)13-11-16)20-21(24-31-23-20)30-14-4-7-15-5-2-1-3-6-15/h1-3,5-6,8-9,16,19H,4,7,10-14H2. The molecule has 0 amide bonds. The summed E-state index contributed by atoms with van der Waals surface area (Å²) in [6, 6.07) is 10.4. The van der Waals surface area contributed by atoms with Crippen molar-refractivity contribution in [2.75, 3.05) is 18.8 Å². The maximum Gasteiger partial charge on any atom is 0.335 e. The van der Waals surface area contributed by atoms with Crippen LogP contribution in [0.5, 0.6) is 0 Å². The zero-order chi connectivity index (χ0) is 21.3. The van der Waals surface area contributed by atoms with Crippen LogP contribution in [0, 0.1) is 5.92 Å². The molecule has 0 aliphatic carbocycles. The zero-order valence-corrected chi connectivity index (χ0v) is 18.6. The molecular weight excluding hydrogens is 434 g/mol. The van der Waals surface area contributed by atoms with Crippen molar-refractivity contribution in [1.82, 2.24) is 13.6 Å². The summed E-state index contributed by atoms with van der Waals surface area (Å²) in [6.07, 6.45) is 6.19. The van der Waals surface area contributed by atoms with Crippen LogP contribution in [0.3, 0.4) is 0 Å². The highest BCUT2D eigenvalue weighted by molar-refractivity contribution is 7.99. The molecule has 3 saturated heterocycles. The van der Waals surface area contributed by atoms with Gasteiger partial charge in [0.1, 0.15) is 16.6 Å². The highest BCUT2D eigenvalue weighted by atomic mass is 32.2. The van der Waals surface area contributed by atoms with Crippen LogP contribution in [-0.2, 0) is 25.5 Å². The quantitative estimate of drug-likeness (QED) is 0.371. The number of rotatable bonds is 6. The minimum Gasteiger partial charge on any atom is -0.404 e. The highest BCUT2D eigenvalue weighted by Gasteiger charge is 2.62. The minimum absolute atomic E-state index is 0.219. The van der Waals surface area contributed by atoms with Crippen molar-refractivity contribution >= 4 is 35.4 Å². The lowest BCUT2D eigenvalue weighted by molar-refractivity contribution is -0.324. The van der Waals surface area contributed by atoms with E-state index in [9.17, 15) is 9.59 Å². The van der Waals surface area contributed by atoms with Crippen LogP contribution in [0.2, 0.25) is 0 Å². The second-order valence-corrected chi connectivity index (χ2v) is 9.61. The lowest BCUT2D eigenvalue weighted by Crippen LogP contribution is -2.66. The topological polar surface area (TPSA) is 81.6 Å².